The van der Waals surface area contributed by atoms with Crippen LogP contribution in [-0.2, 0) is 0 Å². The fourth-order valence-electron chi connectivity index (χ4n) is 2.53. The molecule has 3 nitrogen and oxygen atoms in total. The standard InChI is InChI=1S/C23H22O3/c1-3-16-25-21-12-10-20(11-13-21)23(24)26-22-14-8-19(9-15-22)18-6-4-17(2)5-7-18/h4-15H,3,16H2,1-2H3. The summed E-state index contributed by atoms with van der Waals surface area (Å²) in [6.07, 6.45) is 0.947. The van der Waals surface area contributed by atoms with Crippen molar-refractivity contribution >= 4 is 5.97 Å². The molecule has 0 atom stereocenters. The summed E-state index contributed by atoms with van der Waals surface area (Å²) in [5.41, 5.74) is 3.94. The Hall–Kier alpha value is -3.07. The lowest BCUT2D eigenvalue weighted by Gasteiger charge is -2.08. The predicted molar refractivity (Wildman–Crippen MR) is 104 cm³/mol. The van der Waals surface area contributed by atoms with Crippen LogP contribution in [0.4, 0.5) is 0 Å². The Labute approximate surface area is 154 Å². The Bertz CT molecular complexity index is 847. The number of benzene rings is 3. The first-order chi connectivity index (χ1) is 12.7. The van der Waals surface area contributed by atoms with E-state index in [-0.39, 0.29) is 5.97 Å². The molecule has 0 N–H and O–H groups in total. The molecule has 3 heteroatoms. The fraction of sp³-hybridized carbons (Fsp3) is 0.174. The Morgan fingerprint density at radius 1 is 0.769 bits per heavy atom. The molecule has 0 amide bonds. The number of esters is 1. The summed E-state index contributed by atoms with van der Waals surface area (Å²) in [5, 5.41) is 0. The van der Waals surface area contributed by atoms with Gasteiger partial charge in [0.25, 0.3) is 0 Å². The third-order valence-corrected chi connectivity index (χ3v) is 4.01. The van der Waals surface area contributed by atoms with E-state index in [1.54, 1.807) is 24.3 Å². The molecule has 0 spiro atoms. The Balaban J connectivity index is 1.64. The quantitative estimate of drug-likeness (QED) is 0.426. The van der Waals surface area contributed by atoms with Gasteiger partial charge in [-0.05, 0) is 60.9 Å². The van der Waals surface area contributed by atoms with Gasteiger partial charge in [-0.25, -0.2) is 4.79 Å². The van der Waals surface area contributed by atoms with Crippen LogP contribution >= 0.6 is 0 Å². The molecule has 132 valence electrons. The number of hydrogen-bond acceptors (Lipinski definition) is 3. The van der Waals surface area contributed by atoms with E-state index in [2.05, 4.69) is 38.1 Å². The lowest BCUT2D eigenvalue weighted by molar-refractivity contribution is 0.0734. The summed E-state index contributed by atoms with van der Waals surface area (Å²) in [6.45, 7) is 4.78. The number of carbonyl (C=O) groups excluding carboxylic acids is 1. The van der Waals surface area contributed by atoms with Gasteiger partial charge in [-0.2, -0.15) is 0 Å². The van der Waals surface area contributed by atoms with Gasteiger partial charge in [0.1, 0.15) is 11.5 Å². The van der Waals surface area contributed by atoms with E-state index >= 15 is 0 Å². The molecular formula is C23H22O3. The maximum Gasteiger partial charge on any atom is 0.343 e. The summed E-state index contributed by atoms with van der Waals surface area (Å²) in [5.74, 6) is 0.901. The van der Waals surface area contributed by atoms with E-state index in [4.69, 9.17) is 9.47 Å². The van der Waals surface area contributed by atoms with E-state index in [0.717, 1.165) is 23.3 Å². The number of hydrogen-bond donors (Lipinski definition) is 0. The highest BCUT2D eigenvalue weighted by Gasteiger charge is 2.09. The third kappa shape index (κ3) is 4.51. The van der Waals surface area contributed by atoms with Crippen molar-refractivity contribution in [2.24, 2.45) is 0 Å². The molecular weight excluding hydrogens is 324 g/mol. The van der Waals surface area contributed by atoms with E-state index < -0.39 is 0 Å². The van der Waals surface area contributed by atoms with Crippen LogP contribution < -0.4 is 9.47 Å². The minimum atomic E-state index is -0.380. The number of carbonyl (C=O) groups is 1. The fourth-order valence-corrected chi connectivity index (χ4v) is 2.53. The SMILES string of the molecule is CCCOc1ccc(C(=O)Oc2ccc(-c3ccc(C)cc3)cc2)cc1. The first-order valence-corrected chi connectivity index (χ1v) is 8.78. The molecule has 0 bridgehead atoms. The minimum Gasteiger partial charge on any atom is -0.494 e. The Kier molecular flexibility index (Phi) is 5.69. The van der Waals surface area contributed by atoms with E-state index in [0.29, 0.717) is 17.9 Å². The smallest absolute Gasteiger partial charge is 0.343 e. The molecule has 0 aliphatic heterocycles. The van der Waals surface area contributed by atoms with Gasteiger partial charge >= 0.3 is 5.97 Å². The van der Waals surface area contributed by atoms with Crippen molar-refractivity contribution in [2.45, 2.75) is 20.3 Å². The minimum absolute atomic E-state index is 0.380. The van der Waals surface area contributed by atoms with E-state index in [1.165, 1.54) is 5.56 Å². The monoisotopic (exact) mass is 346 g/mol. The highest BCUT2D eigenvalue weighted by atomic mass is 16.5. The molecule has 0 aromatic heterocycles. The predicted octanol–water partition coefficient (Wildman–Crippen LogP) is 5.67. The summed E-state index contributed by atoms with van der Waals surface area (Å²) < 4.78 is 11.0. The van der Waals surface area contributed by atoms with Crippen LogP contribution in [0.15, 0.2) is 72.8 Å². The summed E-state index contributed by atoms with van der Waals surface area (Å²) in [7, 11) is 0. The molecule has 26 heavy (non-hydrogen) atoms. The van der Waals surface area contributed by atoms with Crippen molar-refractivity contribution in [3.63, 3.8) is 0 Å². The van der Waals surface area contributed by atoms with Gasteiger partial charge in [0.05, 0.1) is 12.2 Å². The average Bonchev–Trinajstić information content (AvgIpc) is 2.68. The van der Waals surface area contributed by atoms with Crippen LogP contribution in [0.3, 0.4) is 0 Å². The molecule has 0 heterocycles. The first kappa shape index (κ1) is 17.7. The normalized spacial score (nSPS) is 10.4. The number of ether oxygens (including phenoxy) is 2. The van der Waals surface area contributed by atoms with Gasteiger partial charge < -0.3 is 9.47 Å². The molecule has 3 aromatic rings. The highest BCUT2D eigenvalue weighted by molar-refractivity contribution is 5.91. The van der Waals surface area contributed by atoms with E-state index in [9.17, 15) is 4.79 Å². The second kappa shape index (κ2) is 8.34. The number of aryl methyl sites for hydroxylation is 1. The zero-order valence-corrected chi connectivity index (χ0v) is 15.1. The van der Waals surface area contributed by atoms with Crippen LogP contribution in [0, 0.1) is 6.92 Å². The second-order valence-corrected chi connectivity index (χ2v) is 6.15. The molecule has 3 rings (SSSR count). The maximum atomic E-state index is 12.3. The molecule has 0 fully saturated rings. The van der Waals surface area contributed by atoms with Crippen molar-refractivity contribution in [1.82, 2.24) is 0 Å². The van der Waals surface area contributed by atoms with Crippen LogP contribution in [0.1, 0.15) is 29.3 Å². The summed E-state index contributed by atoms with van der Waals surface area (Å²) in [6, 6.07) is 22.9. The maximum absolute atomic E-state index is 12.3. The zero-order valence-electron chi connectivity index (χ0n) is 15.1. The summed E-state index contributed by atoms with van der Waals surface area (Å²) >= 11 is 0. The first-order valence-electron chi connectivity index (χ1n) is 8.78. The van der Waals surface area contributed by atoms with Crippen molar-refractivity contribution in [3.8, 4) is 22.6 Å². The molecule has 0 aliphatic rings. The van der Waals surface area contributed by atoms with Gasteiger partial charge in [0.2, 0.25) is 0 Å². The highest BCUT2D eigenvalue weighted by Crippen LogP contribution is 2.23. The van der Waals surface area contributed by atoms with Gasteiger partial charge in [-0.15, -0.1) is 0 Å². The van der Waals surface area contributed by atoms with Crippen molar-refractivity contribution < 1.29 is 14.3 Å². The van der Waals surface area contributed by atoms with Gasteiger partial charge in [-0.1, -0.05) is 48.9 Å². The largest absolute Gasteiger partial charge is 0.494 e. The van der Waals surface area contributed by atoms with Crippen LogP contribution in [0.2, 0.25) is 0 Å². The van der Waals surface area contributed by atoms with Gasteiger partial charge in [-0.3, -0.25) is 0 Å². The van der Waals surface area contributed by atoms with Gasteiger partial charge in [0.15, 0.2) is 0 Å². The van der Waals surface area contributed by atoms with Crippen molar-refractivity contribution in [1.29, 1.82) is 0 Å². The van der Waals surface area contributed by atoms with E-state index in [1.807, 2.05) is 24.3 Å². The number of rotatable bonds is 6. The zero-order chi connectivity index (χ0) is 18.4. The van der Waals surface area contributed by atoms with Gasteiger partial charge in [0, 0.05) is 0 Å². The van der Waals surface area contributed by atoms with Crippen LogP contribution in [0.25, 0.3) is 11.1 Å². The molecule has 3 aromatic carbocycles. The van der Waals surface area contributed by atoms with Crippen LogP contribution in [-0.4, -0.2) is 12.6 Å². The Morgan fingerprint density at radius 2 is 1.31 bits per heavy atom. The van der Waals surface area contributed by atoms with Crippen molar-refractivity contribution in [2.75, 3.05) is 6.61 Å². The molecule has 0 radical (unpaired) electrons. The lowest BCUT2D eigenvalue weighted by atomic mass is 10.0. The molecule has 0 saturated heterocycles. The lowest BCUT2D eigenvalue weighted by Crippen LogP contribution is -2.08. The second-order valence-electron chi connectivity index (χ2n) is 6.15. The Morgan fingerprint density at radius 3 is 1.88 bits per heavy atom. The molecule has 0 aliphatic carbocycles. The average molecular weight is 346 g/mol. The third-order valence-electron chi connectivity index (χ3n) is 4.01. The topological polar surface area (TPSA) is 35.5 Å². The molecule has 0 saturated carbocycles. The molecule has 0 unspecified atom stereocenters. The summed E-state index contributed by atoms with van der Waals surface area (Å²) in [4.78, 5) is 12.3. The van der Waals surface area contributed by atoms with Crippen molar-refractivity contribution in [3.05, 3.63) is 83.9 Å². The van der Waals surface area contributed by atoms with Crippen LogP contribution in [0.5, 0.6) is 11.5 Å².